The van der Waals surface area contributed by atoms with Crippen molar-refractivity contribution in [2.45, 2.75) is 13.2 Å². The number of halogens is 2. The van der Waals surface area contributed by atoms with Gasteiger partial charge in [0.15, 0.2) is 5.69 Å². The van der Waals surface area contributed by atoms with Crippen molar-refractivity contribution >= 4 is 23.2 Å². The monoisotopic (exact) mass is 436 g/mol. The Labute approximate surface area is 183 Å². The number of carbonyl (C=O) groups is 1. The molecule has 0 radical (unpaired) electrons. The van der Waals surface area contributed by atoms with Crippen molar-refractivity contribution in [3.8, 4) is 5.75 Å². The molecule has 0 aliphatic carbocycles. The number of carbonyl (C=O) groups excluding carboxylic acids is 1. The first-order valence-electron chi connectivity index (χ1n) is 9.49. The fraction of sp³-hybridized carbons (Fsp3) is 0.0870. The average Bonchev–Trinajstić information content (AvgIpc) is 3.23. The van der Waals surface area contributed by atoms with Crippen LogP contribution in [0, 0.1) is 5.82 Å². The summed E-state index contributed by atoms with van der Waals surface area (Å²) in [7, 11) is 0. The van der Waals surface area contributed by atoms with Crippen molar-refractivity contribution in [2.24, 2.45) is 0 Å². The number of benzene rings is 3. The molecule has 1 N–H and O–H groups in total. The predicted molar refractivity (Wildman–Crippen MR) is 116 cm³/mol. The van der Waals surface area contributed by atoms with E-state index in [0.717, 1.165) is 5.56 Å². The molecule has 0 unspecified atom stereocenters. The predicted octanol–water partition coefficient (Wildman–Crippen LogP) is 4.95. The Kier molecular flexibility index (Phi) is 6.24. The molecule has 0 atom stereocenters. The lowest BCUT2D eigenvalue weighted by atomic mass is 10.2. The van der Waals surface area contributed by atoms with E-state index >= 15 is 0 Å². The van der Waals surface area contributed by atoms with Crippen molar-refractivity contribution in [2.75, 3.05) is 5.32 Å². The van der Waals surface area contributed by atoms with Gasteiger partial charge in [0.2, 0.25) is 0 Å². The van der Waals surface area contributed by atoms with Gasteiger partial charge in [-0.2, -0.15) is 0 Å². The van der Waals surface area contributed by atoms with Crippen LogP contribution in [0.4, 0.5) is 10.1 Å². The maximum atomic E-state index is 13.3. The summed E-state index contributed by atoms with van der Waals surface area (Å²) in [6, 6.07) is 20.8. The lowest BCUT2D eigenvalue weighted by molar-refractivity contribution is 0.102. The van der Waals surface area contributed by atoms with Crippen LogP contribution in [0.25, 0.3) is 0 Å². The fourth-order valence-electron chi connectivity index (χ4n) is 2.93. The number of nitrogens with zero attached hydrogens (tertiary/aromatic N) is 3. The molecule has 31 heavy (non-hydrogen) atoms. The second-order valence-electron chi connectivity index (χ2n) is 6.80. The summed E-state index contributed by atoms with van der Waals surface area (Å²) in [6.45, 7) is 0.692. The minimum Gasteiger partial charge on any atom is -0.487 e. The van der Waals surface area contributed by atoms with Gasteiger partial charge in [0.25, 0.3) is 5.91 Å². The van der Waals surface area contributed by atoms with Gasteiger partial charge in [0.05, 0.1) is 17.8 Å². The van der Waals surface area contributed by atoms with Gasteiger partial charge in [-0.15, -0.1) is 5.10 Å². The molecular weight excluding hydrogens is 419 g/mol. The number of anilines is 1. The van der Waals surface area contributed by atoms with E-state index in [1.54, 1.807) is 41.2 Å². The first-order valence-corrected chi connectivity index (χ1v) is 9.87. The summed E-state index contributed by atoms with van der Waals surface area (Å²) in [6.07, 6.45) is 1.58. The van der Waals surface area contributed by atoms with E-state index in [-0.39, 0.29) is 18.1 Å². The number of nitrogens with one attached hydrogen (secondary N) is 1. The van der Waals surface area contributed by atoms with Crippen LogP contribution in [-0.4, -0.2) is 20.9 Å². The largest absolute Gasteiger partial charge is 0.487 e. The van der Waals surface area contributed by atoms with Gasteiger partial charge in [0, 0.05) is 5.69 Å². The third kappa shape index (κ3) is 5.46. The van der Waals surface area contributed by atoms with Gasteiger partial charge in [-0.25, -0.2) is 9.07 Å². The van der Waals surface area contributed by atoms with Crippen molar-refractivity contribution in [1.29, 1.82) is 0 Å². The maximum Gasteiger partial charge on any atom is 0.277 e. The summed E-state index contributed by atoms with van der Waals surface area (Å²) >= 11 is 6.27. The van der Waals surface area contributed by atoms with E-state index in [0.29, 0.717) is 28.6 Å². The maximum absolute atomic E-state index is 13.3. The Bertz CT molecular complexity index is 1200. The van der Waals surface area contributed by atoms with E-state index in [9.17, 15) is 9.18 Å². The minimum atomic E-state index is -0.399. The molecule has 3 aromatic carbocycles. The Morgan fingerprint density at radius 1 is 1.03 bits per heavy atom. The number of hydrogen-bond acceptors (Lipinski definition) is 4. The van der Waals surface area contributed by atoms with Crippen LogP contribution >= 0.6 is 11.6 Å². The third-order valence-electron chi connectivity index (χ3n) is 4.43. The second kappa shape index (κ2) is 9.40. The van der Waals surface area contributed by atoms with Crippen LogP contribution < -0.4 is 10.1 Å². The standard InChI is InChI=1S/C23H18ClFN4O2/c24-20-12-19(9-10-22(20)31-15-17-7-4-8-18(25)11-17)26-23(30)21-14-29(28-27-21)13-16-5-2-1-3-6-16/h1-12,14H,13,15H2,(H,26,30). The Hall–Kier alpha value is -3.71. The SMILES string of the molecule is O=C(Nc1ccc(OCc2cccc(F)c2)c(Cl)c1)c1cn(Cc2ccccc2)nn1. The van der Waals surface area contributed by atoms with Crippen molar-refractivity contribution in [3.05, 3.63) is 107 Å². The van der Waals surface area contributed by atoms with Crippen LogP contribution in [0.1, 0.15) is 21.6 Å². The average molecular weight is 437 g/mol. The van der Waals surface area contributed by atoms with Gasteiger partial charge >= 0.3 is 0 Å². The summed E-state index contributed by atoms with van der Waals surface area (Å²) in [5.41, 5.74) is 2.43. The van der Waals surface area contributed by atoms with Gasteiger partial charge in [-0.05, 0) is 41.5 Å². The molecule has 1 amide bonds. The molecule has 0 saturated carbocycles. The van der Waals surface area contributed by atoms with Crippen LogP contribution in [0.15, 0.2) is 79.0 Å². The fourth-order valence-corrected chi connectivity index (χ4v) is 3.16. The number of amides is 1. The summed E-state index contributed by atoms with van der Waals surface area (Å²) < 4.78 is 20.5. The molecule has 0 fully saturated rings. The van der Waals surface area contributed by atoms with Crippen LogP contribution in [0.2, 0.25) is 5.02 Å². The zero-order valence-electron chi connectivity index (χ0n) is 16.3. The first kappa shape index (κ1) is 20.6. The molecule has 0 aliphatic heterocycles. The van der Waals surface area contributed by atoms with Gasteiger partial charge in [0.1, 0.15) is 18.2 Å². The molecule has 4 aromatic rings. The quantitative estimate of drug-likeness (QED) is 0.445. The summed E-state index contributed by atoms with van der Waals surface area (Å²) in [5, 5.41) is 11.0. The van der Waals surface area contributed by atoms with E-state index in [1.807, 2.05) is 30.3 Å². The number of ether oxygens (including phenoxy) is 1. The van der Waals surface area contributed by atoms with Crippen molar-refractivity contribution in [3.63, 3.8) is 0 Å². The molecule has 0 aliphatic rings. The molecule has 0 bridgehead atoms. The lowest BCUT2D eigenvalue weighted by Gasteiger charge is -2.10. The van der Waals surface area contributed by atoms with E-state index < -0.39 is 5.91 Å². The summed E-state index contributed by atoms with van der Waals surface area (Å²) in [4.78, 5) is 12.5. The van der Waals surface area contributed by atoms with Crippen LogP contribution in [0.5, 0.6) is 5.75 Å². The molecule has 1 aromatic heterocycles. The normalized spacial score (nSPS) is 10.6. The molecule has 4 rings (SSSR count). The topological polar surface area (TPSA) is 69.0 Å². The Morgan fingerprint density at radius 2 is 1.84 bits per heavy atom. The highest BCUT2D eigenvalue weighted by molar-refractivity contribution is 6.32. The highest BCUT2D eigenvalue weighted by Gasteiger charge is 2.13. The van der Waals surface area contributed by atoms with Gasteiger partial charge in [-0.3, -0.25) is 4.79 Å². The van der Waals surface area contributed by atoms with E-state index in [1.165, 1.54) is 12.1 Å². The van der Waals surface area contributed by atoms with Crippen molar-refractivity contribution < 1.29 is 13.9 Å². The van der Waals surface area contributed by atoms with E-state index in [4.69, 9.17) is 16.3 Å². The molecule has 156 valence electrons. The molecule has 8 heteroatoms. The Morgan fingerprint density at radius 3 is 2.61 bits per heavy atom. The molecular formula is C23H18ClFN4O2. The molecule has 1 heterocycles. The lowest BCUT2D eigenvalue weighted by Crippen LogP contribution is -2.12. The van der Waals surface area contributed by atoms with Crippen LogP contribution in [0.3, 0.4) is 0 Å². The first-order chi connectivity index (χ1) is 15.1. The third-order valence-corrected chi connectivity index (χ3v) is 4.73. The van der Waals surface area contributed by atoms with Gasteiger partial charge in [-0.1, -0.05) is 59.3 Å². The van der Waals surface area contributed by atoms with E-state index in [2.05, 4.69) is 15.6 Å². The zero-order chi connectivity index (χ0) is 21.6. The zero-order valence-corrected chi connectivity index (χ0v) is 17.1. The highest BCUT2D eigenvalue weighted by Crippen LogP contribution is 2.28. The molecule has 6 nitrogen and oxygen atoms in total. The minimum absolute atomic E-state index is 0.174. The number of aromatic nitrogens is 3. The summed E-state index contributed by atoms with van der Waals surface area (Å²) in [5.74, 6) is -0.299. The molecule has 0 spiro atoms. The smallest absolute Gasteiger partial charge is 0.277 e. The van der Waals surface area contributed by atoms with Gasteiger partial charge < -0.3 is 10.1 Å². The second-order valence-corrected chi connectivity index (χ2v) is 7.21. The highest BCUT2D eigenvalue weighted by atomic mass is 35.5. The number of hydrogen-bond donors (Lipinski definition) is 1. The number of rotatable bonds is 7. The van der Waals surface area contributed by atoms with Crippen LogP contribution in [-0.2, 0) is 13.2 Å². The Balaban J connectivity index is 1.37. The van der Waals surface area contributed by atoms with Crippen molar-refractivity contribution in [1.82, 2.24) is 15.0 Å². The molecule has 0 saturated heterocycles.